The fourth-order valence-corrected chi connectivity index (χ4v) is 13.3. The van der Waals surface area contributed by atoms with Gasteiger partial charge in [-0.2, -0.15) is 5.10 Å². The van der Waals surface area contributed by atoms with Crippen molar-refractivity contribution in [3.8, 4) is 17.3 Å². The summed E-state index contributed by atoms with van der Waals surface area (Å²) in [6.07, 6.45) is 11.4. The maximum atomic E-state index is 13.6. The molecule has 1 unspecified atom stereocenters. The van der Waals surface area contributed by atoms with Gasteiger partial charge in [-0.25, -0.2) is 14.6 Å². The quantitative estimate of drug-likeness (QED) is 0.217. The molecule has 2 N–H and O–H groups in total. The van der Waals surface area contributed by atoms with Crippen molar-refractivity contribution >= 4 is 5.97 Å². The lowest BCUT2D eigenvalue weighted by molar-refractivity contribution is -0.253. The van der Waals surface area contributed by atoms with Crippen LogP contribution in [0.2, 0.25) is 0 Å². The minimum atomic E-state index is -0.625. The van der Waals surface area contributed by atoms with Gasteiger partial charge in [-0.15, -0.1) is 0 Å². The van der Waals surface area contributed by atoms with Crippen molar-refractivity contribution in [2.45, 2.75) is 125 Å². The van der Waals surface area contributed by atoms with E-state index in [4.69, 9.17) is 24.3 Å². The van der Waals surface area contributed by atoms with Crippen molar-refractivity contribution in [3.05, 3.63) is 36.3 Å². The largest absolute Gasteiger partial charge is 0.481 e. The van der Waals surface area contributed by atoms with E-state index in [9.17, 15) is 9.90 Å². The maximum absolute atomic E-state index is 13.6. The van der Waals surface area contributed by atoms with Crippen molar-refractivity contribution in [2.24, 2.45) is 62.6 Å². The molecule has 0 radical (unpaired) electrons. The normalized spacial score (nSPS) is 40.0. The summed E-state index contributed by atoms with van der Waals surface area (Å²) in [7, 11) is 3.66. The summed E-state index contributed by atoms with van der Waals surface area (Å²) in [5.74, 6) is 1.96. The van der Waals surface area contributed by atoms with E-state index in [0.29, 0.717) is 49.4 Å². The molecule has 2 aromatic heterocycles. The molecule has 7 rings (SSSR count). The highest BCUT2D eigenvalue weighted by Gasteiger charge is 2.72. The first kappa shape index (κ1) is 40.4. The monoisotopic (exact) mass is 760 g/mol. The highest BCUT2D eigenvalue weighted by molar-refractivity contribution is 5.73. The fraction of sp³-hybridized carbons (Fsp3) is 0.778. The van der Waals surface area contributed by atoms with Crippen LogP contribution < -0.4 is 10.1 Å². The number of aromatic nitrogens is 4. The molecule has 3 saturated carbocycles. The van der Waals surface area contributed by atoms with Gasteiger partial charge in [0.25, 0.3) is 0 Å². The van der Waals surface area contributed by atoms with Gasteiger partial charge in [0.2, 0.25) is 5.88 Å². The van der Waals surface area contributed by atoms with E-state index in [1.807, 2.05) is 19.2 Å². The second-order valence-electron chi connectivity index (χ2n) is 20.3. The second-order valence-corrected chi connectivity index (χ2v) is 20.3. The molecule has 2 aromatic rings. The summed E-state index contributed by atoms with van der Waals surface area (Å²) in [6.45, 7) is 24.9. The Bertz CT molecular complexity index is 1790. The average molecular weight is 760 g/mol. The van der Waals surface area contributed by atoms with Gasteiger partial charge < -0.3 is 24.6 Å². The maximum Gasteiger partial charge on any atom is 0.307 e. The van der Waals surface area contributed by atoms with Gasteiger partial charge in [-0.3, -0.25) is 4.79 Å². The minimum Gasteiger partial charge on any atom is -0.481 e. The van der Waals surface area contributed by atoms with Crippen molar-refractivity contribution in [1.82, 2.24) is 25.1 Å². The number of rotatable bonds is 11. The number of ether oxygens (including phenoxy) is 3. The van der Waals surface area contributed by atoms with Crippen LogP contribution in [-0.4, -0.2) is 76.4 Å². The Balaban J connectivity index is 1.36. The van der Waals surface area contributed by atoms with Crippen molar-refractivity contribution in [3.63, 3.8) is 0 Å². The number of carboxylic acids is 1. The van der Waals surface area contributed by atoms with Gasteiger partial charge >= 0.3 is 5.97 Å². The zero-order valence-electron chi connectivity index (χ0n) is 35.7. The lowest BCUT2D eigenvalue weighted by Gasteiger charge is -2.71. The number of carbonyl (C=O) groups is 1. The van der Waals surface area contributed by atoms with Crippen LogP contribution >= 0.6 is 0 Å². The Morgan fingerprint density at radius 2 is 1.84 bits per heavy atom. The van der Waals surface area contributed by atoms with E-state index in [0.717, 1.165) is 49.9 Å². The van der Waals surface area contributed by atoms with Gasteiger partial charge in [0, 0.05) is 34.2 Å². The molecule has 3 heterocycles. The lowest BCUT2D eigenvalue weighted by atomic mass is 9.34. The van der Waals surface area contributed by atoms with Gasteiger partial charge in [0.15, 0.2) is 5.82 Å². The number of allylic oxidation sites excluding steroid dienone is 1. The highest BCUT2D eigenvalue weighted by atomic mass is 16.5. The molecular formula is C45H69N5O5. The number of nitrogens with one attached hydrogen (secondary N) is 1. The van der Waals surface area contributed by atoms with E-state index in [1.165, 1.54) is 5.57 Å². The molecule has 0 spiro atoms. The molecule has 12 atom stereocenters. The molecule has 304 valence electrons. The fourth-order valence-electron chi connectivity index (χ4n) is 13.3. The summed E-state index contributed by atoms with van der Waals surface area (Å²) in [5, 5.41) is 19.8. The number of aliphatic carboxylic acids is 1. The molecule has 4 fully saturated rings. The molecule has 0 amide bonds. The Hall–Kier alpha value is -2.82. The van der Waals surface area contributed by atoms with E-state index in [1.54, 1.807) is 19.6 Å². The minimum absolute atomic E-state index is 0.121. The number of likely N-dealkylation sites (N-methyl/N-ethyl adjacent to an activating group) is 1. The summed E-state index contributed by atoms with van der Waals surface area (Å²) in [5.41, 5.74) is 0.833. The van der Waals surface area contributed by atoms with Crippen LogP contribution in [0, 0.1) is 62.6 Å². The SMILES string of the molecule is CN[C@@](C)(CO[C@H]1[C@H](n2ncnc2-c2ccnc(OC)c2)C[C@@]23COCC1(C)[C@@H]2CC[C@H]1C3=CC[C@@]2(C)[C@H](C(=O)O)[C@@](C)([C@H](C)C(C)C)CC[C@]12C)C(C)C. The Kier molecular flexibility index (Phi) is 10.2. The first-order valence-electron chi connectivity index (χ1n) is 21.1. The van der Waals surface area contributed by atoms with Crippen LogP contribution in [0.5, 0.6) is 5.88 Å². The molecule has 1 aliphatic heterocycles. The summed E-state index contributed by atoms with van der Waals surface area (Å²) >= 11 is 0. The summed E-state index contributed by atoms with van der Waals surface area (Å²) < 4.78 is 21.8. The number of hydrogen-bond donors (Lipinski definition) is 2. The Morgan fingerprint density at radius 3 is 2.49 bits per heavy atom. The molecule has 1 saturated heterocycles. The predicted octanol–water partition coefficient (Wildman–Crippen LogP) is 8.50. The molecule has 5 aliphatic rings. The van der Waals surface area contributed by atoms with Gasteiger partial charge in [0.1, 0.15) is 6.33 Å². The van der Waals surface area contributed by atoms with E-state index < -0.39 is 11.9 Å². The number of hydrogen-bond acceptors (Lipinski definition) is 8. The smallest absolute Gasteiger partial charge is 0.307 e. The Morgan fingerprint density at radius 1 is 1.09 bits per heavy atom. The molecule has 4 aliphatic carbocycles. The van der Waals surface area contributed by atoms with Crippen LogP contribution in [0.4, 0.5) is 0 Å². The number of pyridine rings is 1. The predicted molar refractivity (Wildman–Crippen MR) is 214 cm³/mol. The van der Waals surface area contributed by atoms with Crippen molar-refractivity contribution in [1.29, 1.82) is 0 Å². The molecule has 0 aromatic carbocycles. The van der Waals surface area contributed by atoms with Crippen LogP contribution in [-0.2, 0) is 14.3 Å². The molecular weight excluding hydrogens is 691 g/mol. The first-order chi connectivity index (χ1) is 25.9. The first-order valence-corrected chi connectivity index (χ1v) is 21.1. The third-order valence-corrected chi connectivity index (χ3v) is 17.6. The molecule has 10 heteroatoms. The Labute approximate surface area is 330 Å². The van der Waals surface area contributed by atoms with Gasteiger partial charge in [-0.1, -0.05) is 74.0 Å². The van der Waals surface area contributed by atoms with E-state index >= 15 is 0 Å². The second kappa shape index (κ2) is 13.9. The standard InChI is InChI=1S/C45H69N5O5/c1-27(2)29(5)40(6)18-19-42(8)31-13-14-34-41(7)23-54-25-45(34,32(31)15-17-43(42,9)36(40)39(51)52)22-33(37(41)55-24-44(10,46-11)28(3)4)50-38(48-26-49-50)30-16-20-47-35(21-30)53-12/h15-16,20-21,26-29,31,33-34,36-37,46H,13-14,17-19,22-25H2,1-12H3,(H,51,52)/t29-,31+,33-,34+,36-,37+,40-,41?,42-,43+,44+,45+/m1/s1. The zero-order valence-corrected chi connectivity index (χ0v) is 35.7. The lowest BCUT2D eigenvalue weighted by Crippen LogP contribution is -2.69. The van der Waals surface area contributed by atoms with Gasteiger partial charge in [-0.05, 0) is 104 Å². The highest BCUT2D eigenvalue weighted by Crippen LogP contribution is 2.75. The van der Waals surface area contributed by atoms with Crippen LogP contribution in [0.1, 0.15) is 114 Å². The van der Waals surface area contributed by atoms with E-state index in [2.05, 4.69) is 90.3 Å². The number of nitrogens with zero attached hydrogens (tertiary/aromatic N) is 4. The molecule has 10 nitrogen and oxygen atoms in total. The van der Waals surface area contributed by atoms with Crippen LogP contribution in [0.15, 0.2) is 36.3 Å². The van der Waals surface area contributed by atoms with Crippen LogP contribution in [0.25, 0.3) is 11.4 Å². The average Bonchev–Trinajstić information content (AvgIpc) is 3.64. The summed E-state index contributed by atoms with van der Waals surface area (Å²) in [6, 6.07) is 3.79. The topological polar surface area (TPSA) is 121 Å². The molecule has 2 bridgehead atoms. The number of methoxy groups -OCH3 is 1. The molecule has 55 heavy (non-hydrogen) atoms. The van der Waals surface area contributed by atoms with E-state index in [-0.39, 0.29) is 50.7 Å². The number of carboxylic acid groups (broad SMARTS) is 1. The third kappa shape index (κ3) is 5.79. The van der Waals surface area contributed by atoms with Crippen LogP contribution in [0.3, 0.4) is 0 Å². The zero-order chi connectivity index (χ0) is 39.9. The van der Waals surface area contributed by atoms with Crippen molar-refractivity contribution < 1.29 is 24.1 Å². The van der Waals surface area contributed by atoms with Gasteiger partial charge in [0.05, 0.1) is 45.0 Å². The third-order valence-electron chi connectivity index (χ3n) is 17.6. The number of fused-ring (bicyclic) bond motifs is 3. The van der Waals surface area contributed by atoms with Crippen molar-refractivity contribution in [2.75, 3.05) is 34.0 Å². The summed E-state index contributed by atoms with van der Waals surface area (Å²) in [4.78, 5) is 22.9.